The Morgan fingerprint density at radius 1 is 1.11 bits per heavy atom. The Kier molecular flexibility index (Phi) is 8.58. The van der Waals surface area contributed by atoms with E-state index >= 15 is 0 Å². The van der Waals surface area contributed by atoms with Crippen molar-refractivity contribution in [3.63, 3.8) is 0 Å². The van der Waals surface area contributed by atoms with Crippen LogP contribution in [0.5, 0.6) is 5.75 Å². The van der Waals surface area contributed by atoms with Crippen LogP contribution in [0, 0.1) is 25.7 Å². The number of aliphatic carboxylic acids is 1. The van der Waals surface area contributed by atoms with E-state index < -0.39 is 27.5 Å². The quantitative estimate of drug-likeness (QED) is 0.352. The Bertz CT molecular complexity index is 1210. The van der Waals surface area contributed by atoms with Crippen molar-refractivity contribution in [1.29, 1.82) is 0 Å². The number of carboxylic acid groups (broad SMARTS) is 1. The number of ether oxygens (including phenoxy) is 1. The molecule has 196 valence electrons. The largest absolute Gasteiger partial charge is 0.478 e. The van der Waals surface area contributed by atoms with Crippen molar-refractivity contribution in [3.05, 3.63) is 58.7 Å². The third-order valence-corrected chi connectivity index (χ3v) is 8.76. The third kappa shape index (κ3) is 6.49. The molecule has 2 aromatic carbocycles. The van der Waals surface area contributed by atoms with Gasteiger partial charge in [-0.15, -0.1) is 11.8 Å². The molecule has 1 heterocycles. The molecule has 1 N–H and O–H groups in total. The van der Waals surface area contributed by atoms with Crippen LogP contribution in [0.25, 0.3) is 0 Å². The molecule has 1 saturated heterocycles. The third-order valence-electron chi connectivity index (χ3n) is 6.78. The van der Waals surface area contributed by atoms with Crippen LogP contribution in [-0.2, 0) is 21.2 Å². The van der Waals surface area contributed by atoms with Gasteiger partial charge < -0.3 is 9.84 Å². The highest BCUT2D eigenvalue weighted by Gasteiger charge is 2.41. The van der Waals surface area contributed by atoms with E-state index in [1.54, 1.807) is 11.8 Å². The summed E-state index contributed by atoms with van der Waals surface area (Å²) in [5.74, 6) is -1.01. The Morgan fingerprint density at radius 3 is 2.19 bits per heavy atom. The van der Waals surface area contributed by atoms with E-state index in [9.17, 15) is 23.1 Å². The second-order valence-electron chi connectivity index (χ2n) is 10.1. The van der Waals surface area contributed by atoms with Gasteiger partial charge in [0.2, 0.25) is 10.0 Å². The maximum atomic E-state index is 13.4. The van der Waals surface area contributed by atoms with Crippen LogP contribution in [-0.4, -0.2) is 60.8 Å². The molecule has 1 aliphatic heterocycles. The molecule has 0 saturated carbocycles. The predicted molar refractivity (Wildman–Crippen MR) is 143 cm³/mol. The van der Waals surface area contributed by atoms with Crippen molar-refractivity contribution >= 4 is 33.5 Å². The zero-order chi connectivity index (χ0) is 26.8. The number of hydrogen-bond donors (Lipinski definition) is 1. The van der Waals surface area contributed by atoms with E-state index in [1.165, 1.54) is 24.4 Å². The van der Waals surface area contributed by atoms with E-state index in [0.29, 0.717) is 30.7 Å². The summed E-state index contributed by atoms with van der Waals surface area (Å²) in [6.07, 6.45) is 4.49. The second kappa shape index (κ2) is 10.9. The van der Waals surface area contributed by atoms with Gasteiger partial charge in [-0.3, -0.25) is 4.79 Å². The molecule has 2 aromatic rings. The zero-order valence-electron chi connectivity index (χ0n) is 21.7. The van der Waals surface area contributed by atoms with E-state index in [-0.39, 0.29) is 18.2 Å². The highest BCUT2D eigenvalue weighted by Crippen LogP contribution is 2.34. The van der Waals surface area contributed by atoms with Gasteiger partial charge in [-0.05, 0) is 81.5 Å². The summed E-state index contributed by atoms with van der Waals surface area (Å²) in [7, 11) is -3.41. The van der Waals surface area contributed by atoms with Crippen molar-refractivity contribution < 1.29 is 27.9 Å². The Balaban J connectivity index is 1.79. The average molecular weight is 534 g/mol. The van der Waals surface area contributed by atoms with Gasteiger partial charge in [0.15, 0.2) is 11.4 Å². The zero-order valence-corrected chi connectivity index (χ0v) is 23.3. The summed E-state index contributed by atoms with van der Waals surface area (Å²) in [5, 5.41) is 9.40. The normalized spacial score (nSPS) is 18.8. The molecule has 36 heavy (non-hydrogen) atoms. The van der Waals surface area contributed by atoms with E-state index in [2.05, 4.69) is 0 Å². The van der Waals surface area contributed by atoms with Crippen molar-refractivity contribution in [2.75, 3.05) is 25.6 Å². The smallest absolute Gasteiger partial charge is 0.347 e. The number of carbonyl (C=O) groups excluding carboxylic acids is 1. The van der Waals surface area contributed by atoms with Crippen LogP contribution in [0.1, 0.15) is 47.3 Å². The highest BCUT2D eigenvalue weighted by atomic mass is 32.2. The lowest BCUT2D eigenvalue weighted by Crippen LogP contribution is -2.38. The van der Waals surface area contributed by atoms with Crippen molar-refractivity contribution in [2.45, 2.75) is 51.0 Å². The van der Waals surface area contributed by atoms with Gasteiger partial charge in [0.1, 0.15) is 5.75 Å². The lowest BCUT2D eigenvalue weighted by Gasteiger charge is -2.25. The fraction of sp³-hybridized carbons (Fsp3) is 0.481. The van der Waals surface area contributed by atoms with Gasteiger partial charge in [-0.1, -0.05) is 24.3 Å². The monoisotopic (exact) mass is 533 g/mol. The Morgan fingerprint density at radius 2 is 1.69 bits per heavy atom. The maximum Gasteiger partial charge on any atom is 0.347 e. The second-order valence-corrected chi connectivity index (χ2v) is 12.9. The number of sulfonamides is 1. The van der Waals surface area contributed by atoms with Gasteiger partial charge in [0.05, 0.1) is 6.26 Å². The number of benzene rings is 2. The van der Waals surface area contributed by atoms with Crippen molar-refractivity contribution in [1.82, 2.24) is 4.31 Å². The summed E-state index contributed by atoms with van der Waals surface area (Å²) >= 11 is 1.60. The first kappa shape index (κ1) is 28.2. The number of carbonyl (C=O) groups is 2. The molecule has 0 radical (unpaired) electrons. The topological polar surface area (TPSA) is 101 Å². The minimum atomic E-state index is -3.41. The minimum absolute atomic E-state index is 0.0224. The summed E-state index contributed by atoms with van der Waals surface area (Å²) in [6.45, 7) is 7.32. The summed E-state index contributed by atoms with van der Waals surface area (Å²) < 4.78 is 31.8. The number of thioether (sulfide) groups is 1. The summed E-state index contributed by atoms with van der Waals surface area (Å²) in [6, 6.07) is 11.4. The molecule has 1 fully saturated rings. The van der Waals surface area contributed by atoms with Crippen molar-refractivity contribution in [2.24, 2.45) is 11.8 Å². The molecule has 1 unspecified atom stereocenters. The van der Waals surface area contributed by atoms with Crippen LogP contribution in [0.4, 0.5) is 0 Å². The van der Waals surface area contributed by atoms with Gasteiger partial charge >= 0.3 is 5.97 Å². The molecular formula is C27H35NO6S2. The lowest BCUT2D eigenvalue weighted by molar-refractivity contribution is -0.152. The molecule has 0 bridgehead atoms. The summed E-state index contributed by atoms with van der Waals surface area (Å²) in [4.78, 5) is 25.9. The van der Waals surface area contributed by atoms with E-state index in [0.717, 1.165) is 21.6 Å². The fourth-order valence-electron chi connectivity index (χ4n) is 4.66. The fourth-order valence-corrected chi connectivity index (χ4v) is 5.96. The first-order valence-corrected chi connectivity index (χ1v) is 15.0. The number of carboxylic acids is 1. The van der Waals surface area contributed by atoms with E-state index in [4.69, 9.17) is 4.74 Å². The molecule has 0 aromatic heterocycles. The lowest BCUT2D eigenvalue weighted by atomic mass is 9.84. The SMILES string of the molecule is CSc1ccc(C(=O)[C@H]2CN(S(C)(=O)=O)CC2CCc2cc(C)c(OC(C)(C)C(=O)O)c(C)c2)cc1. The summed E-state index contributed by atoms with van der Waals surface area (Å²) in [5.41, 5.74) is 1.97. The Hall–Kier alpha value is -2.36. The molecule has 7 nitrogen and oxygen atoms in total. The molecule has 3 rings (SSSR count). The van der Waals surface area contributed by atoms with Crippen LogP contribution < -0.4 is 4.74 Å². The molecule has 2 atom stereocenters. The van der Waals surface area contributed by atoms with Gasteiger partial charge in [-0.25, -0.2) is 17.5 Å². The highest BCUT2D eigenvalue weighted by molar-refractivity contribution is 7.98. The van der Waals surface area contributed by atoms with Crippen LogP contribution in [0.2, 0.25) is 0 Å². The van der Waals surface area contributed by atoms with Gasteiger partial charge in [0, 0.05) is 29.5 Å². The maximum absolute atomic E-state index is 13.4. The molecular weight excluding hydrogens is 498 g/mol. The minimum Gasteiger partial charge on any atom is -0.478 e. The molecule has 1 aliphatic rings. The van der Waals surface area contributed by atoms with Gasteiger partial charge in [0.25, 0.3) is 0 Å². The number of nitrogens with zero attached hydrogens (tertiary/aromatic N) is 1. The van der Waals surface area contributed by atoms with Crippen LogP contribution in [0.3, 0.4) is 0 Å². The van der Waals surface area contributed by atoms with Crippen LogP contribution in [0.15, 0.2) is 41.3 Å². The number of rotatable bonds is 10. The van der Waals surface area contributed by atoms with Crippen molar-refractivity contribution in [3.8, 4) is 5.75 Å². The standard InChI is InChI=1S/C27H35NO6S2/c1-17-13-19(14-18(2)25(17)34-27(3,4)26(30)31)7-8-21-15-28(36(6,32)33)16-23(21)24(29)20-9-11-22(35-5)12-10-20/h9-14,21,23H,7-8,15-16H2,1-6H3,(H,30,31)/t21?,23-/m0/s1. The molecule has 0 spiro atoms. The number of aryl methyl sites for hydroxylation is 3. The predicted octanol–water partition coefficient (Wildman–Crippen LogP) is 4.59. The first-order chi connectivity index (χ1) is 16.7. The first-order valence-electron chi connectivity index (χ1n) is 11.9. The van der Waals surface area contributed by atoms with Gasteiger partial charge in [-0.2, -0.15) is 0 Å². The van der Waals surface area contributed by atoms with E-state index in [1.807, 2.05) is 56.5 Å². The average Bonchev–Trinajstić information content (AvgIpc) is 3.24. The van der Waals surface area contributed by atoms with Crippen LogP contribution >= 0.6 is 11.8 Å². The number of Topliss-reactive ketones (excluding diaryl/α,β-unsaturated/α-hetero) is 1. The Labute approximate surface area is 218 Å². The number of hydrogen-bond acceptors (Lipinski definition) is 6. The molecule has 9 heteroatoms. The molecule has 0 amide bonds. The molecule has 0 aliphatic carbocycles. The number of ketones is 1.